The zero-order valence-electron chi connectivity index (χ0n) is 12.2. The maximum absolute atomic E-state index is 5.42. The van der Waals surface area contributed by atoms with Gasteiger partial charge in [-0.2, -0.15) is 0 Å². The number of anilines is 1. The van der Waals surface area contributed by atoms with Crippen LogP contribution in [-0.4, -0.2) is 30.7 Å². The molecule has 2 aromatic rings. The number of aromatic nitrogens is 2. The Bertz CT molecular complexity index is 577. The summed E-state index contributed by atoms with van der Waals surface area (Å²) in [6.07, 6.45) is 0. The van der Waals surface area contributed by atoms with Gasteiger partial charge in [-0.25, -0.2) is 9.97 Å². The van der Waals surface area contributed by atoms with Crippen LogP contribution in [0.4, 0.5) is 5.82 Å². The summed E-state index contributed by atoms with van der Waals surface area (Å²) >= 11 is 0. The second kappa shape index (κ2) is 6.23. The van der Waals surface area contributed by atoms with Gasteiger partial charge in [0.1, 0.15) is 23.1 Å². The van der Waals surface area contributed by atoms with E-state index in [0.29, 0.717) is 5.82 Å². The molecule has 0 bridgehead atoms. The van der Waals surface area contributed by atoms with Gasteiger partial charge in [0.2, 0.25) is 0 Å². The fraction of sp³-hybridized carbons (Fsp3) is 0.333. The maximum Gasteiger partial charge on any atom is 0.132 e. The van der Waals surface area contributed by atoms with Crippen molar-refractivity contribution in [2.75, 3.05) is 26.1 Å². The van der Waals surface area contributed by atoms with Gasteiger partial charge in [-0.05, 0) is 26.0 Å². The summed E-state index contributed by atoms with van der Waals surface area (Å²) in [7, 11) is 3.27. The molecule has 0 aliphatic heterocycles. The van der Waals surface area contributed by atoms with Crippen molar-refractivity contribution >= 4 is 5.82 Å². The Balaban J connectivity index is 2.60. The van der Waals surface area contributed by atoms with Crippen LogP contribution >= 0.6 is 0 Å². The number of rotatable bonds is 5. The van der Waals surface area contributed by atoms with Crippen molar-refractivity contribution in [1.29, 1.82) is 0 Å². The molecule has 0 aliphatic carbocycles. The van der Waals surface area contributed by atoms with E-state index in [2.05, 4.69) is 15.3 Å². The summed E-state index contributed by atoms with van der Waals surface area (Å²) in [5.74, 6) is 2.95. The van der Waals surface area contributed by atoms with E-state index in [4.69, 9.17) is 9.47 Å². The number of aryl methyl sites for hydroxylation is 1. The lowest BCUT2D eigenvalue weighted by Crippen LogP contribution is -2.03. The minimum atomic E-state index is 0.700. The van der Waals surface area contributed by atoms with E-state index in [0.717, 1.165) is 35.1 Å². The average molecular weight is 273 g/mol. The van der Waals surface area contributed by atoms with Crippen LogP contribution in [0.25, 0.3) is 11.3 Å². The molecule has 0 saturated heterocycles. The van der Waals surface area contributed by atoms with E-state index in [9.17, 15) is 0 Å². The molecule has 1 heterocycles. The topological polar surface area (TPSA) is 56.3 Å². The molecule has 20 heavy (non-hydrogen) atoms. The monoisotopic (exact) mass is 273 g/mol. The van der Waals surface area contributed by atoms with Gasteiger partial charge in [0.05, 0.1) is 25.5 Å². The third-order valence-electron chi connectivity index (χ3n) is 2.88. The molecule has 0 unspecified atom stereocenters. The minimum absolute atomic E-state index is 0.700. The lowest BCUT2D eigenvalue weighted by Gasteiger charge is -2.14. The van der Waals surface area contributed by atoms with E-state index >= 15 is 0 Å². The molecule has 0 saturated carbocycles. The van der Waals surface area contributed by atoms with Gasteiger partial charge in [-0.15, -0.1) is 0 Å². The highest BCUT2D eigenvalue weighted by Gasteiger charge is 2.15. The SMILES string of the molecule is CCNc1cc(-c2c(OC)cccc2OC)nc(C)n1. The first-order valence-corrected chi connectivity index (χ1v) is 6.50. The van der Waals surface area contributed by atoms with Crippen molar-refractivity contribution in [3.05, 3.63) is 30.1 Å². The quantitative estimate of drug-likeness (QED) is 0.907. The van der Waals surface area contributed by atoms with E-state index in [1.165, 1.54) is 0 Å². The van der Waals surface area contributed by atoms with Crippen LogP contribution in [0.3, 0.4) is 0 Å². The Morgan fingerprint density at radius 2 is 1.75 bits per heavy atom. The van der Waals surface area contributed by atoms with Crippen LogP contribution in [0, 0.1) is 6.92 Å². The molecule has 1 N–H and O–H groups in total. The second-order valence-corrected chi connectivity index (χ2v) is 4.25. The largest absolute Gasteiger partial charge is 0.496 e. The lowest BCUT2D eigenvalue weighted by atomic mass is 10.1. The summed E-state index contributed by atoms with van der Waals surface area (Å²) in [6.45, 7) is 4.70. The number of ether oxygens (including phenoxy) is 2. The van der Waals surface area contributed by atoms with Crippen LogP contribution in [0.15, 0.2) is 24.3 Å². The van der Waals surface area contributed by atoms with Crippen LogP contribution in [0.1, 0.15) is 12.7 Å². The average Bonchev–Trinajstić information content (AvgIpc) is 2.46. The van der Waals surface area contributed by atoms with Crippen molar-refractivity contribution < 1.29 is 9.47 Å². The highest BCUT2D eigenvalue weighted by molar-refractivity contribution is 5.75. The van der Waals surface area contributed by atoms with E-state index in [1.807, 2.05) is 38.1 Å². The van der Waals surface area contributed by atoms with Gasteiger partial charge in [0.15, 0.2) is 0 Å². The summed E-state index contributed by atoms with van der Waals surface area (Å²) < 4.78 is 10.8. The number of nitrogens with zero attached hydrogens (tertiary/aromatic N) is 2. The smallest absolute Gasteiger partial charge is 0.132 e. The fourth-order valence-corrected chi connectivity index (χ4v) is 2.07. The van der Waals surface area contributed by atoms with Crippen LogP contribution in [0.2, 0.25) is 0 Å². The first kappa shape index (κ1) is 14.1. The molecule has 5 heteroatoms. The zero-order valence-corrected chi connectivity index (χ0v) is 12.2. The van der Waals surface area contributed by atoms with Crippen LogP contribution in [0.5, 0.6) is 11.5 Å². The van der Waals surface area contributed by atoms with Gasteiger partial charge in [-0.1, -0.05) is 6.07 Å². The second-order valence-electron chi connectivity index (χ2n) is 4.25. The molecular weight excluding hydrogens is 254 g/mol. The molecule has 0 atom stereocenters. The van der Waals surface area contributed by atoms with E-state index in [-0.39, 0.29) is 0 Å². The molecule has 106 valence electrons. The first-order valence-electron chi connectivity index (χ1n) is 6.50. The number of hydrogen-bond acceptors (Lipinski definition) is 5. The first-order chi connectivity index (χ1) is 9.69. The highest BCUT2D eigenvalue weighted by atomic mass is 16.5. The Kier molecular flexibility index (Phi) is 4.40. The van der Waals surface area contributed by atoms with Gasteiger partial charge < -0.3 is 14.8 Å². The number of methoxy groups -OCH3 is 2. The normalized spacial score (nSPS) is 10.2. The van der Waals surface area contributed by atoms with Crippen molar-refractivity contribution in [2.24, 2.45) is 0 Å². The minimum Gasteiger partial charge on any atom is -0.496 e. The molecule has 0 spiro atoms. The van der Waals surface area contributed by atoms with Crippen molar-refractivity contribution in [3.63, 3.8) is 0 Å². The predicted octanol–water partition coefficient (Wildman–Crippen LogP) is 2.90. The fourth-order valence-electron chi connectivity index (χ4n) is 2.07. The summed E-state index contributed by atoms with van der Waals surface area (Å²) in [4.78, 5) is 8.85. The summed E-state index contributed by atoms with van der Waals surface area (Å²) in [5, 5.41) is 3.20. The van der Waals surface area contributed by atoms with Gasteiger partial charge >= 0.3 is 0 Å². The molecule has 0 aliphatic rings. The van der Waals surface area contributed by atoms with Gasteiger partial charge in [0, 0.05) is 12.6 Å². The standard InChI is InChI=1S/C15H19N3O2/c1-5-16-14-9-11(17-10(2)18-14)15-12(19-3)7-6-8-13(15)20-4/h6-9H,5H2,1-4H3,(H,16,17,18). The molecule has 0 fully saturated rings. The number of nitrogens with one attached hydrogen (secondary N) is 1. The Hall–Kier alpha value is -2.30. The maximum atomic E-state index is 5.42. The molecular formula is C15H19N3O2. The molecule has 5 nitrogen and oxygen atoms in total. The van der Waals surface area contributed by atoms with Gasteiger partial charge in [0.25, 0.3) is 0 Å². The third kappa shape index (κ3) is 2.82. The van der Waals surface area contributed by atoms with Crippen molar-refractivity contribution in [2.45, 2.75) is 13.8 Å². The number of hydrogen-bond donors (Lipinski definition) is 1. The molecule has 0 amide bonds. The number of benzene rings is 1. The molecule has 1 aromatic heterocycles. The zero-order chi connectivity index (χ0) is 14.5. The van der Waals surface area contributed by atoms with Crippen LogP contribution in [-0.2, 0) is 0 Å². The van der Waals surface area contributed by atoms with E-state index in [1.54, 1.807) is 14.2 Å². The summed E-state index contributed by atoms with van der Waals surface area (Å²) in [5.41, 5.74) is 1.62. The third-order valence-corrected chi connectivity index (χ3v) is 2.88. The Labute approximate surface area is 119 Å². The van der Waals surface area contributed by atoms with Gasteiger partial charge in [-0.3, -0.25) is 0 Å². The molecule has 1 aromatic carbocycles. The van der Waals surface area contributed by atoms with Crippen molar-refractivity contribution in [3.8, 4) is 22.8 Å². The van der Waals surface area contributed by atoms with Crippen LogP contribution < -0.4 is 14.8 Å². The highest BCUT2D eigenvalue weighted by Crippen LogP contribution is 2.37. The van der Waals surface area contributed by atoms with E-state index < -0.39 is 0 Å². The Morgan fingerprint density at radius 3 is 2.30 bits per heavy atom. The summed E-state index contributed by atoms with van der Waals surface area (Å²) in [6, 6.07) is 7.57. The predicted molar refractivity (Wildman–Crippen MR) is 79.5 cm³/mol. The Morgan fingerprint density at radius 1 is 1.10 bits per heavy atom. The van der Waals surface area contributed by atoms with Crippen molar-refractivity contribution in [1.82, 2.24) is 9.97 Å². The molecule has 0 radical (unpaired) electrons. The molecule has 2 rings (SSSR count). The lowest BCUT2D eigenvalue weighted by molar-refractivity contribution is 0.397.